The predicted molar refractivity (Wildman–Crippen MR) is 36.4 cm³/mol. The molecule has 0 amide bonds. The summed E-state index contributed by atoms with van der Waals surface area (Å²) < 4.78 is 0. The maximum atomic E-state index is 10.1. The minimum absolute atomic E-state index is 0.664. The van der Waals surface area contributed by atoms with Crippen LogP contribution in [0.15, 0.2) is 29.4 Å². The van der Waals surface area contributed by atoms with Gasteiger partial charge in [-0.05, 0) is 12.5 Å². The predicted octanol–water partition coefficient (Wildman–Crippen LogP) is 1.46. The lowest BCUT2D eigenvalue weighted by Crippen LogP contribution is -1.88. The van der Waals surface area contributed by atoms with Crippen LogP contribution in [0.1, 0.15) is 6.42 Å². The second-order valence-electron chi connectivity index (χ2n) is 1.90. The molecule has 0 bridgehead atoms. The van der Waals surface area contributed by atoms with Crippen molar-refractivity contribution in [3.8, 4) is 0 Å². The zero-order valence-corrected chi connectivity index (χ0v) is 5.05. The zero-order chi connectivity index (χ0) is 6.69. The molecule has 1 aliphatic rings. The molecular formula is C8H7O. The van der Waals surface area contributed by atoms with Crippen LogP contribution in [0.25, 0.3) is 0 Å². The summed E-state index contributed by atoms with van der Waals surface area (Å²) in [6.07, 6.45) is 6.29. The van der Waals surface area contributed by atoms with Gasteiger partial charge in [0.1, 0.15) is 5.94 Å². The number of allylic oxidation sites excluding steroid dienone is 5. The van der Waals surface area contributed by atoms with Gasteiger partial charge in [-0.1, -0.05) is 18.2 Å². The van der Waals surface area contributed by atoms with Crippen LogP contribution in [-0.2, 0) is 4.79 Å². The van der Waals surface area contributed by atoms with Crippen molar-refractivity contribution in [2.45, 2.75) is 6.42 Å². The topological polar surface area (TPSA) is 17.1 Å². The molecule has 0 atom stereocenters. The summed E-state index contributed by atoms with van der Waals surface area (Å²) in [7, 11) is 0. The van der Waals surface area contributed by atoms with Gasteiger partial charge < -0.3 is 0 Å². The second-order valence-corrected chi connectivity index (χ2v) is 1.90. The highest BCUT2D eigenvalue weighted by Gasteiger charge is 2.00. The van der Waals surface area contributed by atoms with Crippen molar-refractivity contribution in [1.82, 2.24) is 0 Å². The van der Waals surface area contributed by atoms with E-state index in [2.05, 4.69) is 6.92 Å². The summed E-state index contributed by atoms with van der Waals surface area (Å²) in [5.74, 6) is 1.84. The fourth-order valence-corrected chi connectivity index (χ4v) is 0.709. The lowest BCUT2D eigenvalue weighted by Gasteiger charge is -2.01. The van der Waals surface area contributed by atoms with Crippen molar-refractivity contribution in [2.75, 3.05) is 0 Å². The highest BCUT2D eigenvalue weighted by Crippen LogP contribution is 2.14. The summed E-state index contributed by atoms with van der Waals surface area (Å²) in [4.78, 5) is 10.1. The Morgan fingerprint density at radius 3 is 2.89 bits per heavy atom. The third kappa shape index (κ3) is 1.18. The number of rotatable bonds is 0. The van der Waals surface area contributed by atoms with Crippen molar-refractivity contribution in [3.63, 3.8) is 0 Å². The van der Waals surface area contributed by atoms with Gasteiger partial charge in [-0.15, -0.1) is 0 Å². The van der Waals surface area contributed by atoms with E-state index in [4.69, 9.17) is 0 Å². The van der Waals surface area contributed by atoms with Crippen LogP contribution in [-0.4, -0.2) is 5.94 Å². The Balaban J connectivity index is 2.96. The number of hydrogen-bond acceptors (Lipinski definition) is 1. The molecule has 1 heteroatoms. The molecule has 0 aliphatic heterocycles. The van der Waals surface area contributed by atoms with Crippen LogP contribution in [0.5, 0.6) is 0 Å². The van der Waals surface area contributed by atoms with Crippen LogP contribution in [0.3, 0.4) is 0 Å². The molecule has 1 rings (SSSR count). The lowest BCUT2D eigenvalue weighted by molar-refractivity contribution is 0.567. The molecule has 0 spiro atoms. The van der Waals surface area contributed by atoms with Gasteiger partial charge in [0.05, 0.1) is 0 Å². The van der Waals surface area contributed by atoms with E-state index >= 15 is 0 Å². The van der Waals surface area contributed by atoms with Crippen molar-refractivity contribution >= 4 is 5.94 Å². The molecule has 0 N–H and O–H groups in total. The molecule has 0 aromatic rings. The van der Waals surface area contributed by atoms with E-state index in [0.717, 1.165) is 5.57 Å². The molecule has 0 saturated carbocycles. The molecule has 0 aromatic heterocycles. The Morgan fingerprint density at radius 2 is 2.44 bits per heavy atom. The molecule has 9 heavy (non-hydrogen) atoms. The molecular weight excluding hydrogens is 112 g/mol. The molecule has 1 radical (unpaired) electrons. The standard InChI is InChI=1S/C8H7O/c1-7-4-2-3-5-8(7)6-9/h2-4H,1,5H2. The SMILES string of the molecule is [CH2]C1=CC=CCC1=C=O. The van der Waals surface area contributed by atoms with Crippen molar-refractivity contribution in [3.05, 3.63) is 36.3 Å². The average molecular weight is 119 g/mol. The summed E-state index contributed by atoms with van der Waals surface area (Å²) in [5.41, 5.74) is 1.45. The monoisotopic (exact) mass is 119 g/mol. The third-order valence-electron chi connectivity index (χ3n) is 1.27. The van der Waals surface area contributed by atoms with E-state index in [1.165, 1.54) is 0 Å². The summed E-state index contributed by atoms with van der Waals surface area (Å²) in [6, 6.07) is 0. The molecule has 1 nitrogen and oxygen atoms in total. The van der Waals surface area contributed by atoms with Gasteiger partial charge in [-0.25, -0.2) is 4.79 Å². The maximum absolute atomic E-state index is 10.1. The molecule has 0 fully saturated rings. The maximum Gasteiger partial charge on any atom is 0.128 e. The fourth-order valence-electron chi connectivity index (χ4n) is 0.709. The van der Waals surface area contributed by atoms with Gasteiger partial charge in [0.2, 0.25) is 0 Å². The molecule has 0 saturated heterocycles. The van der Waals surface area contributed by atoms with E-state index in [-0.39, 0.29) is 0 Å². The van der Waals surface area contributed by atoms with E-state index in [9.17, 15) is 4.79 Å². The fraction of sp³-hybridized carbons (Fsp3) is 0.125. The molecule has 0 aromatic carbocycles. The van der Waals surface area contributed by atoms with Crippen LogP contribution < -0.4 is 0 Å². The second kappa shape index (κ2) is 2.47. The first-order valence-electron chi connectivity index (χ1n) is 2.77. The largest absolute Gasteiger partial charge is 0.233 e. The minimum atomic E-state index is 0.664. The number of carbonyl (C=O) groups excluding carboxylic acids is 1. The normalized spacial score (nSPS) is 17.0. The first-order chi connectivity index (χ1) is 4.34. The lowest BCUT2D eigenvalue weighted by atomic mass is 10.0. The van der Waals surface area contributed by atoms with Crippen LogP contribution in [0.4, 0.5) is 0 Å². The Hall–Kier alpha value is -1.07. The molecule has 0 unspecified atom stereocenters. The highest BCUT2D eigenvalue weighted by atomic mass is 16.1. The quantitative estimate of drug-likeness (QED) is 0.441. The van der Waals surface area contributed by atoms with Crippen molar-refractivity contribution < 1.29 is 4.79 Å². The van der Waals surface area contributed by atoms with E-state index in [0.29, 0.717) is 12.0 Å². The van der Waals surface area contributed by atoms with Gasteiger partial charge in [0, 0.05) is 12.0 Å². The van der Waals surface area contributed by atoms with Gasteiger partial charge in [-0.3, -0.25) is 0 Å². The minimum Gasteiger partial charge on any atom is -0.233 e. The van der Waals surface area contributed by atoms with E-state index in [1.54, 1.807) is 0 Å². The third-order valence-corrected chi connectivity index (χ3v) is 1.27. The Morgan fingerprint density at radius 1 is 1.67 bits per heavy atom. The molecule has 1 aliphatic carbocycles. The Kier molecular flexibility index (Phi) is 1.66. The van der Waals surface area contributed by atoms with Crippen LogP contribution in [0, 0.1) is 6.92 Å². The Bertz CT molecular complexity index is 215. The van der Waals surface area contributed by atoms with Gasteiger partial charge in [0.15, 0.2) is 0 Å². The van der Waals surface area contributed by atoms with E-state index < -0.39 is 0 Å². The van der Waals surface area contributed by atoms with E-state index in [1.807, 2.05) is 24.2 Å². The molecule has 45 valence electrons. The smallest absolute Gasteiger partial charge is 0.128 e. The van der Waals surface area contributed by atoms with Crippen LogP contribution >= 0.6 is 0 Å². The van der Waals surface area contributed by atoms with Crippen molar-refractivity contribution in [2.24, 2.45) is 0 Å². The van der Waals surface area contributed by atoms with Crippen molar-refractivity contribution in [1.29, 1.82) is 0 Å². The highest BCUT2D eigenvalue weighted by molar-refractivity contribution is 5.63. The zero-order valence-electron chi connectivity index (χ0n) is 5.05. The first-order valence-corrected chi connectivity index (χ1v) is 2.77. The summed E-state index contributed by atoms with van der Waals surface area (Å²) in [6.45, 7) is 3.66. The first kappa shape index (κ1) is 6.06. The summed E-state index contributed by atoms with van der Waals surface area (Å²) >= 11 is 0. The van der Waals surface area contributed by atoms with Gasteiger partial charge >= 0.3 is 0 Å². The Labute approximate surface area is 54.4 Å². The van der Waals surface area contributed by atoms with Crippen LogP contribution in [0.2, 0.25) is 0 Å². The molecule has 0 heterocycles. The summed E-state index contributed by atoms with van der Waals surface area (Å²) in [5, 5.41) is 0. The average Bonchev–Trinajstić information content (AvgIpc) is 1.89. The van der Waals surface area contributed by atoms with Gasteiger partial charge in [-0.2, -0.15) is 0 Å². The number of hydrogen-bond donors (Lipinski definition) is 0. The van der Waals surface area contributed by atoms with Gasteiger partial charge in [0.25, 0.3) is 0 Å².